The Morgan fingerprint density at radius 3 is 1.50 bits per heavy atom. The third-order valence-electron chi connectivity index (χ3n) is 2.50. The van der Waals surface area contributed by atoms with E-state index in [-0.39, 0.29) is 4.12 Å². The van der Waals surface area contributed by atoms with E-state index in [2.05, 4.69) is 26.3 Å². The number of hydrogen-bond donors (Lipinski definition) is 1. The Labute approximate surface area is 91.4 Å². The van der Waals surface area contributed by atoms with Crippen molar-refractivity contribution in [3.8, 4) is 0 Å². The molecule has 14 heavy (non-hydrogen) atoms. The summed E-state index contributed by atoms with van der Waals surface area (Å²) in [7, 11) is 0. The van der Waals surface area contributed by atoms with E-state index in [1.807, 2.05) is 18.2 Å². The number of hydrogen-bond acceptors (Lipinski definition) is 1. The summed E-state index contributed by atoms with van der Waals surface area (Å²) < 4.78 is 2.50. The van der Waals surface area contributed by atoms with Crippen LogP contribution >= 0.6 is 0 Å². The Morgan fingerprint density at radius 1 is 0.929 bits per heavy atom. The van der Waals surface area contributed by atoms with E-state index in [0.717, 1.165) is 13.3 Å². The fourth-order valence-corrected chi connectivity index (χ4v) is 11.6. The minimum absolute atomic E-state index is 0.335. The van der Waals surface area contributed by atoms with Gasteiger partial charge in [0.2, 0.25) is 0 Å². The molecule has 0 heterocycles. The van der Waals surface area contributed by atoms with Gasteiger partial charge in [-0.3, -0.25) is 0 Å². The minimum atomic E-state index is -2.61. The second kappa shape index (κ2) is 7.07. The van der Waals surface area contributed by atoms with E-state index in [9.17, 15) is 5.11 Å². The fourth-order valence-electron chi connectivity index (χ4n) is 1.72. The van der Waals surface area contributed by atoms with E-state index in [0.29, 0.717) is 0 Å². The van der Waals surface area contributed by atoms with E-state index < -0.39 is 18.4 Å². The van der Waals surface area contributed by atoms with Gasteiger partial charge < -0.3 is 0 Å². The summed E-state index contributed by atoms with van der Waals surface area (Å²) in [5.74, 6) is 0. The Hall–Kier alpha value is -0.281. The molecule has 1 N–H and O–H groups in total. The van der Waals surface area contributed by atoms with Gasteiger partial charge in [-0.2, -0.15) is 0 Å². The molecule has 78 valence electrons. The van der Waals surface area contributed by atoms with Gasteiger partial charge in [0.15, 0.2) is 0 Å². The molecule has 1 unspecified atom stereocenters. The van der Waals surface area contributed by atoms with Crippen LogP contribution in [0.2, 0.25) is 13.3 Å². The van der Waals surface area contributed by atoms with Crippen LogP contribution < -0.4 is 0 Å². The SMILES string of the molecule is C=C[CH2][Sn]([CH2]C=C)([CH2]C=C)[CH](O)C=C. The van der Waals surface area contributed by atoms with Crippen molar-refractivity contribution in [1.82, 2.24) is 0 Å². The molecule has 0 radical (unpaired) electrons. The molecule has 0 saturated heterocycles. The zero-order valence-electron chi connectivity index (χ0n) is 8.78. The molecule has 0 aliphatic heterocycles. The van der Waals surface area contributed by atoms with Crippen molar-refractivity contribution in [2.45, 2.75) is 17.4 Å². The van der Waals surface area contributed by atoms with Crippen LogP contribution in [-0.2, 0) is 0 Å². The Kier molecular flexibility index (Phi) is 6.93. The van der Waals surface area contributed by atoms with Gasteiger partial charge in [0.25, 0.3) is 0 Å². The number of allylic oxidation sites excluding steroid dienone is 3. The van der Waals surface area contributed by atoms with E-state index in [1.165, 1.54) is 0 Å². The molecule has 0 fully saturated rings. The summed E-state index contributed by atoms with van der Waals surface area (Å²) in [6.07, 6.45) is 7.40. The van der Waals surface area contributed by atoms with Gasteiger partial charge in [0.05, 0.1) is 0 Å². The average Bonchev–Trinajstić information content (AvgIpc) is 2.17. The monoisotopic (exact) mass is 300 g/mol. The first-order chi connectivity index (χ1) is 6.66. The van der Waals surface area contributed by atoms with Crippen LogP contribution in [0.3, 0.4) is 0 Å². The first-order valence-electron chi connectivity index (χ1n) is 4.80. The van der Waals surface area contributed by atoms with Gasteiger partial charge in [-0.1, -0.05) is 0 Å². The third-order valence-corrected chi connectivity index (χ3v) is 16.2. The van der Waals surface area contributed by atoms with Crippen LogP contribution in [0.1, 0.15) is 0 Å². The second-order valence-corrected chi connectivity index (χ2v) is 16.5. The van der Waals surface area contributed by atoms with Crippen molar-refractivity contribution in [1.29, 1.82) is 0 Å². The molecular formula is C12H20OSn. The number of aliphatic hydroxyl groups excluding tert-OH is 1. The zero-order chi connectivity index (χ0) is 11.0. The fraction of sp³-hybridized carbons (Fsp3) is 0.333. The second-order valence-electron chi connectivity index (χ2n) is 3.52. The molecule has 0 amide bonds. The molecule has 0 rings (SSSR count). The van der Waals surface area contributed by atoms with Crippen LogP contribution in [0.5, 0.6) is 0 Å². The summed E-state index contributed by atoms with van der Waals surface area (Å²) in [5.41, 5.74) is 0. The zero-order valence-corrected chi connectivity index (χ0v) is 11.6. The predicted molar refractivity (Wildman–Crippen MR) is 67.0 cm³/mol. The average molecular weight is 299 g/mol. The van der Waals surface area contributed by atoms with Crippen molar-refractivity contribution >= 4 is 18.4 Å². The Morgan fingerprint density at radius 2 is 1.29 bits per heavy atom. The summed E-state index contributed by atoms with van der Waals surface area (Å²) in [6, 6.07) is 0. The molecule has 1 nitrogen and oxygen atoms in total. The Bertz CT molecular complexity index is 194. The van der Waals surface area contributed by atoms with Gasteiger partial charge in [-0.05, 0) is 0 Å². The molecule has 0 aliphatic carbocycles. The first-order valence-corrected chi connectivity index (χ1v) is 12.5. The number of aliphatic hydroxyl groups is 1. The third kappa shape index (κ3) is 3.46. The molecule has 0 aromatic carbocycles. The molecule has 1 atom stereocenters. The molecule has 0 saturated carbocycles. The van der Waals surface area contributed by atoms with Crippen molar-refractivity contribution in [2.75, 3.05) is 0 Å². The maximum atomic E-state index is 9.99. The van der Waals surface area contributed by atoms with Crippen molar-refractivity contribution in [2.24, 2.45) is 0 Å². The topological polar surface area (TPSA) is 20.2 Å². The molecular weight excluding hydrogens is 279 g/mol. The standard InChI is InChI=1S/C3H5O.3C3H5.Sn/c1-2-3-4;3*1-3-2;/h2-4H,1H2;3*3H,1-2H2;. The van der Waals surface area contributed by atoms with Crippen LogP contribution in [0.4, 0.5) is 0 Å². The van der Waals surface area contributed by atoms with Gasteiger partial charge in [0, 0.05) is 0 Å². The molecule has 0 spiro atoms. The van der Waals surface area contributed by atoms with Crippen LogP contribution in [-0.4, -0.2) is 27.6 Å². The van der Waals surface area contributed by atoms with Gasteiger partial charge in [-0.25, -0.2) is 0 Å². The maximum absolute atomic E-state index is 9.99. The van der Waals surface area contributed by atoms with Gasteiger partial charge in [0.1, 0.15) is 0 Å². The molecule has 0 bridgehead atoms. The quantitative estimate of drug-likeness (QED) is 0.539. The van der Waals surface area contributed by atoms with Crippen molar-refractivity contribution in [3.05, 3.63) is 50.6 Å². The van der Waals surface area contributed by atoms with Gasteiger partial charge >= 0.3 is 91.5 Å². The first kappa shape index (κ1) is 13.7. The number of rotatable bonds is 8. The van der Waals surface area contributed by atoms with Crippen molar-refractivity contribution in [3.63, 3.8) is 0 Å². The summed E-state index contributed by atoms with van der Waals surface area (Å²) >= 11 is -2.61. The molecule has 0 aromatic heterocycles. The Balaban J connectivity index is 4.87. The summed E-state index contributed by atoms with van der Waals surface area (Å²) in [6.45, 7) is 15.0. The normalized spacial score (nSPS) is 12.9. The van der Waals surface area contributed by atoms with Crippen molar-refractivity contribution < 1.29 is 5.11 Å². The van der Waals surface area contributed by atoms with E-state index in [4.69, 9.17) is 0 Å². The summed E-state index contributed by atoms with van der Waals surface area (Å²) in [4.78, 5) is 0. The predicted octanol–water partition coefficient (Wildman–Crippen LogP) is 3.08. The van der Waals surface area contributed by atoms with Crippen LogP contribution in [0.15, 0.2) is 50.6 Å². The molecule has 2 heteroatoms. The van der Waals surface area contributed by atoms with E-state index >= 15 is 0 Å². The van der Waals surface area contributed by atoms with Crippen LogP contribution in [0.25, 0.3) is 0 Å². The summed E-state index contributed by atoms with van der Waals surface area (Å²) in [5, 5.41) is 9.99. The molecule has 0 aliphatic rings. The van der Waals surface area contributed by atoms with Gasteiger partial charge in [-0.15, -0.1) is 0 Å². The van der Waals surface area contributed by atoms with Crippen LogP contribution in [0, 0.1) is 0 Å². The molecule has 0 aromatic rings. The van der Waals surface area contributed by atoms with E-state index in [1.54, 1.807) is 6.08 Å².